The van der Waals surface area contributed by atoms with Crippen LogP contribution in [-0.4, -0.2) is 9.55 Å². The molecule has 0 saturated heterocycles. The Bertz CT molecular complexity index is 928. The molecule has 0 spiro atoms. The summed E-state index contributed by atoms with van der Waals surface area (Å²) in [7, 11) is 0. The molecular weight excluding hydrogens is 311 g/mol. The van der Waals surface area contributed by atoms with Crippen LogP contribution in [0.3, 0.4) is 0 Å². The van der Waals surface area contributed by atoms with Crippen LogP contribution >= 0.6 is 12.2 Å². The van der Waals surface area contributed by atoms with Gasteiger partial charge in [-0.25, -0.2) is 22.0 Å². The number of aromatic nitrogens is 2. The number of benzene rings is 2. The van der Waals surface area contributed by atoms with E-state index in [1.165, 1.54) is 6.07 Å². The first-order valence-electron chi connectivity index (χ1n) is 5.64. The fraction of sp³-hybridized carbons (Fsp3) is 0. The molecule has 0 saturated carbocycles. The predicted molar refractivity (Wildman–Crippen MR) is 68.2 cm³/mol. The smallest absolute Gasteiger partial charge is 0.184 e. The SMILES string of the molecule is Fc1cc(F)c(F)c(-n2c(=S)[nH]c3ccc(F)c(F)c32)c1. The van der Waals surface area contributed by atoms with E-state index in [-0.39, 0.29) is 10.3 Å². The van der Waals surface area contributed by atoms with Gasteiger partial charge in [0.05, 0.1) is 11.2 Å². The topological polar surface area (TPSA) is 20.7 Å². The highest BCUT2D eigenvalue weighted by molar-refractivity contribution is 7.71. The van der Waals surface area contributed by atoms with Gasteiger partial charge >= 0.3 is 0 Å². The van der Waals surface area contributed by atoms with Gasteiger partial charge in [-0.1, -0.05) is 0 Å². The molecule has 1 heterocycles. The molecule has 1 aromatic heterocycles. The average Bonchev–Trinajstić information content (AvgIpc) is 2.75. The molecule has 21 heavy (non-hydrogen) atoms. The van der Waals surface area contributed by atoms with E-state index < -0.39 is 40.3 Å². The molecule has 0 bridgehead atoms. The van der Waals surface area contributed by atoms with Gasteiger partial charge < -0.3 is 4.98 Å². The summed E-state index contributed by atoms with van der Waals surface area (Å²) in [4.78, 5) is 2.52. The van der Waals surface area contributed by atoms with Gasteiger partial charge in [-0.2, -0.15) is 0 Å². The first-order valence-corrected chi connectivity index (χ1v) is 6.04. The van der Waals surface area contributed by atoms with Crippen molar-refractivity contribution in [2.75, 3.05) is 0 Å². The molecule has 0 aliphatic heterocycles. The third kappa shape index (κ3) is 2.02. The Hall–Kier alpha value is -2.22. The van der Waals surface area contributed by atoms with Crippen LogP contribution in [0.1, 0.15) is 0 Å². The first kappa shape index (κ1) is 13.7. The van der Waals surface area contributed by atoms with Gasteiger partial charge in [0.1, 0.15) is 11.3 Å². The van der Waals surface area contributed by atoms with Gasteiger partial charge in [0.15, 0.2) is 28.0 Å². The van der Waals surface area contributed by atoms with Gasteiger partial charge in [-0.3, -0.25) is 4.57 Å². The molecule has 0 unspecified atom stereocenters. The highest BCUT2D eigenvalue weighted by Crippen LogP contribution is 2.27. The lowest BCUT2D eigenvalue weighted by Gasteiger charge is -2.08. The van der Waals surface area contributed by atoms with E-state index >= 15 is 0 Å². The van der Waals surface area contributed by atoms with E-state index in [1.807, 2.05) is 0 Å². The van der Waals surface area contributed by atoms with Gasteiger partial charge in [0, 0.05) is 12.1 Å². The summed E-state index contributed by atoms with van der Waals surface area (Å²) >= 11 is 4.89. The van der Waals surface area contributed by atoms with Gasteiger partial charge in [0.25, 0.3) is 0 Å². The number of imidazole rings is 1. The van der Waals surface area contributed by atoms with Crippen LogP contribution in [-0.2, 0) is 0 Å². The van der Waals surface area contributed by atoms with Crippen molar-refractivity contribution in [3.8, 4) is 5.69 Å². The average molecular weight is 316 g/mol. The highest BCUT2D eigenvalue weighted by Gasteiger charge is 2.19. The maximum Gasteiger partial charge on any atom is 0.184 e. The van der Waals surface area contributed by atoms with Gasteiger partial charge in [0.2, 0.25) is 0 Å². The molecule has 3 aromatic rings. The number of hydrogen-bond acceptors (Lipinski definition) is 1. The summed E-state index contributed by atoms with van der Waals surface area (Å²) in [6.07, 6.45) is 0. The van der Waals surface area contributed by atoms with Crippen molar-refractivity contribution in [1.82, 2.24) is 9.55 Å². The van der Waals surface area contributed by atoms with Crippen molar-refractivity contribution in [2.24, 2.45) is 0 Å². The number of H-pyrrole nitrogens is 1. The molecular formula is C13H5F5N2S. The summed E-state index contributed by atoms with van der Waals surface area (Å²) in [5.74, 6) is -6.45. The van der Waals surface area contributed by atoms with Gasteiger partial charge in [-0.05, 0) is 24.4 Å². The summed E-state index contributed by atoms with van der Waals surface area (Å²) in [5.41, 5.74) is -1.000. The van der Waals surface area contributed by atoms with Crippen LogP contribution in [0, 0.1) is 33.9 Å². The standard InChI is InChI=1S/C13H5F5N2S/c14-5-3-7(16)10(17)9(4-5)20-12-8(19-13(20)21)2-1-6(15)11(12)18/h1-4H,(H,19,21). The predicted octanol–water partition coefficient (Wildman–Crippen LogP) is 4.38. The Balaban J connectivity index is 2.49. The first-order chi connectivity index (χ1) is 9.90. The Labute approximate surface area is 119 Å². The van der Waals surface area contributed by atoms with Crippen molar-refractivity contribution < 1.29 is 22.0 Å². The molecule has 0 fully saturated rings. The fourth-order valence-electron chi connectivity index (χ4n) is 2.07. The number of halogens is 5. The monoisotopic (exact) mass is 316 g/mol. The third-order valence-corrected chi connectivity index (χ3v) is 3.24. The molecule has 2 nitrogen and oxygen atoms in total. The number of fused-ring (bicyclic) bond motifs is 1. The number of nitrogens with zero attached hydrogens (tertiary/aromatic N) is 1. The number of aromatic amines is 1. The van der Waals surface area contributed by atoms with Crippen molar-refractivity contribution >= 4 is 23.3 Å². The third-order valence-electron chi connectivity index (χ3n) is 2.95. The molecule has 0 aliphatic rings. The molecule has 108 valence electrons. The maximum absolute atomic E-state index is 13.9. The van der Waals surface area contributed by atoms with Crippen molar-refractivity contribution in [1.29, 1.82) is 0 Å². The molecule has 1 N–H and O–H groups in total. The van der Waals surface area contributed by atoms with Crippen LogP contribution in [0.4, 0.5) is 22.0 Å². The maximum atomic E-state index is 13.9. The van der Waals surface area contributed by atoms with Gasteiger partial charge in [-0.15, -0.1) is 0 Å². The van der Waals surface area contributed by atoms with E-state index in [0.29, 0.717) is 16.7 Å². The largest absolute Gasteiger partial charge is 0.330 e. The molecule has 0 atom stereocenters. The minimum atomic E-state index is -1.46. The highest BCUT2D eigenvalue weighted by atomic mass is 32.1. The van der Waals surface area contributed by atoms with E-state index in [1.54, 1.807) is 0 Å². The van der Waals surface area contributed by atoms with E-state index in [4.69, 9.17) is 12.2 Å². The second kappa shape index (κ2) is 4.66. The lowest BCUT2D eigenvalue weighted by atomic mass is 10.2. The summed E-state index contributed by atoms with van der Waals surface area (Å²) in [6.45, 7) is 0. The Morgan fingerprint density at radius 3 is 2.33 bits per heavy atom. The lowest BCUT2D eigenvalue weighted by Crippen LogP contribution is -2.03. The number of rotatable bonds is 1. The molecule has 2 aromatic carbocycles. The zero-order valence-corrected chi connectivity index (χ0v) is 10.9. The minimum absolute atomic E-state index is 0.0722. The van der Waals surface area contributed by atoms with Crippen molar-refractivity contribution in [3.05, 3.63) is 58.1 Å². The second-order valence-corrected chi connectivity index (χ2v) is 4.63. The summed E-state index contributed by atoms with van der Waals surface area (Å²) in [5, 5.41) is 0. The fourth-order valence-corrected chi connectivity index (χ4v) is 2.37. The van der Waals surface area contributed by atoms with E-state index in [0.717, 1.165) is 6.07 Å². The van der Waals surface area contributed by atoms with E-state index in [2.05, 4.69) is 4.98 Å². The number of hydrogen-bond donors (Lipinski definition) is 1. The Morgan fingerprint density at radius 1 is 0.905 bits per heavy atom. The minimum Gasteiger partial charge on any atom is -0.330 e. The Morgan fingerprint density at radius 2 is 1.62 bits per heavy atom. The molecule has 8 heteroatoms. The normalized spacial score (nSPS) is 11.3. The van der Waals surface area contributed by atoms with Crippen LogP contribution in [0.25, 0.3) is 16.7 Å². The summed E-state index contributed by atoms with van der Waals surface area (Å²) in [6, 6.07) is 3.03. The van der Waals surface area contributed by atoms with Crippen LogP contribution in [0.2, 0.25) is 0 Å². The lowest BCUT2D eigenvalue weighted by molar-refractivity contribution is 0.489. The summed E-state index contributed by atoms with van der Waals surface area (Å²) < 4.78 is 68.2. The molecule has 0 amide bonds. The molecule has 0 radical (unpaired) electrons. The molecule has 0 aliphatic carbocycles. The Kier molecular flexibility index (Phi) is 3.05. The van der Waals surface area contributed by atoms with Crippen LogP contribution < -0.4 is 0 Å². The second-order valence-electron chi connectivity index (χ2n) is 4.24. The quantitative estimate of drug-likeness (QED) is 0.401. The van der Waals surface area contributed by atoms with Crippen molar-refractivity contribution in [2.45, 2.75) is 0 Å². The number of nitrogens with one attached hydrogen (secondary N) is 1. The zero-order chi connectivity index (χ0) is 15.3. The van der Waals surface area contributed by atoms with Crippen LogP contribution in [0.15, 0.2) is 24.3 Å². The molecule has 3 rings (SSSR count). The van der Waals surface area contributed by atoms with Crippen LogP contribution in [0.5, 0.6) is 0 Å². The zero-order valence-electron chi connectivity index (χ0n) is 10.1. The van der Waals surface area contributed by atoms with Crippen molar-refractivity contribution in [3.63, 3.8) is 0 Å². The van der Waals surface area contributed by atoms with E-state index in [9.17, 15) is 22.0 Å².